The average molecular weight is 269 g/mol. The van der Waals surface area contributed by atoms with Crippen molar-refractivity contribution in [2.24, 2.45) is 17.8 Å². The fourth-order valence-corrected chi connectivity index (χ4v) is 2.94. The van der Waals surface area contributed by atoms with Gasteiger partial charge < -0.3 is 10.1 Å². The standard InChI is InChI=1S/C16H31NO2/c1-11(2)14-7-6-13(5)10-15(14)19-16(18)8-9-17-12(3)4/h11-15,17H,6-10H2,1-5H3. The summed E-state index contributed by atoms with van der Waals surface area (Å²) in [5.41, 5.74) is 0. The molecule has 112 valence electrons. The summed E-state index contributed by atoms with van der Waals surface area (Å²) < 4.78 is 5.74. The van der Waals surface area contributed by atoms with Gasteiger partial charge in [-0.15, -0.1) is 0 Å². The van der Waals surface area contributed by atoms with E-state index in [0.29, 0.717) is 36.8 Å². The van der Waals surface area contributed by atoms with Crippen LogP contribution < -0.4 is 5.32 Å². The van der Waals surface area contributed by atoms with Crippen molar-refractivity contribution < 1.29 is 9.53 Å². The van der Waals surface area contributed by atoms with Crippen LogP contribution in [0.25, 0.3) is 0 Å². The summed E-state index contributed by atoms with van der Waals surface area (Å²) in [6.07, 6.45) is 4.11. The summed E-state index contributed by atoms with van der Waals surface area (Å²) in [5.74, 6) is 1.77. The lowest BCUT2D eigenvalue weighted by molar-refractivity contribution is -0.155. The number of ether oxygens (including phenoxy) is 1. The summed E-state index contributed by atoms with van der Waals surface area (Å²) in [4.78, 5) is 11.9. The van der Waals surface area contributed by atoms with Gasteiger partial charge in [0.2, 0.25) is 0 Å². The summed E-state index contributed by atoms with van der Waals surface area (Å²) in [6.45, 7) is 11.6. The topological polar surface area (TPSA) is 38.3 Å². The Labute approximate surface area is 118 Å². The van der Waals surface area contributed by atoms with Crippen LogP contribution in [0.2, 0.25) is 0 Å². The predicted octanol–water partition coefficient (Wildman–Crippen LogP) is 3.38. The molecule has 1 fully saturated rings. The average Bonchev–Trinajstić information content (AvgIpc) is 2.27. The molecule has 1 aliphatic rings. The first-order valence-electron chi connectivity index (χ1n) is 7.83. The number of rotatable bonds is 6. The highest BCUT2D eigenvalue weighted by Crippen LogP contribution is 2.35. The maximum Gasteiger partial charge on any atom is 0.307 e. The Bertz CT molecular complexity index is 276. The molecule has 1 N–H and O–H groups in total. The number of nitrogens with one attached hydrogen (secondary N) is 1. The van der Waals surface area contributed by atoms with Gasteiger partial charge in [0.1, 0.15) is 6.10 Å². The van der Waals surface area contributed by atoms with E-state index in [1.165, 1.54) is 12.8 Å². The summed E-state index contributed by atoms with van der Waals surface area (Å²) >= 11 is 0. The second-order valence-electron chi connectivity index (χ2n) is 6.71. The lowest BCUT2D eigenvalue weighted by Crippen LogP contribution is -2.36. The van der Waals surface area contributed by atoms with Crippen LogP contribution in [-0.4, -0.2) is 24.7 Å². The molecule has 0 spiro atoms. The maximum atomic E-state index is 11.9. The van der Waals surface area contributed by atoms with Crippen LogP contribution in [0.5, 0.6) is 0 Å². The SMILES string of the molecule is CC1CCC(C(C)C)C(OC(=O)CCNC(C)C)C1. The lowest BCUT2D eigenvalue weighted by atomic mass is 9.75. The van der Waals surface area contributed by atoms with E-state index in [9.17, 15) is 4.79 Å². The molecule has 0 heterocycles. The normalized spacial score (nSPS) is 27.8. The highest BCUT2D eigenvalue weighted by molar-refractivity contribution is 5.69. The Morgan fingerprint density at radius 3 is 2.53 bits per heavy atom. The van der Waals surface area contributed by atoms with Crippen LogP contribution in [0.3, 0.4) is 0 Å². The third-order valence-electron chi connectivity index (χ3n) is 4.13. The fraction of sp³-hybridized carbons (Fsp3) is 0.938. The summed E-state index contributed by atoms with van der Waals surface area (Å²) in [7, 11) is 0. The van der Waals surface area contributed by atoms with Gasteiger partial charge in [0, 0.05) is 12.6 Å². The first-order chi connectivity index (χ1) is 8.90. The molecule has 3 unspecified atom stereocenters. The minimum Gasteiger partial charge on any atom is -0.462 e. The minimum absolute atomic E-state index is 0.0436. The Morgan fingerprint density at radius 2 is 1.95 bits per heavy atom. The van der Waals surface area contributed by atoms with Gasteiger partial charge in [0.15, 0.2) is 0 Å². The third-order valence-corrected chi connectivity index (χ3v) is 4.13. The number of hydrogen-bond acceptors (Lipinski definition) is 3. The van der Waals surface area contributed by atoms with Gasteiger partial charge in [-0.1, -0.05) is 41.0 Å². The molecule has 0 bridgehead atoms. The highest BCUT2D eigenvalue weighted by atomic mass is 16.5. The first kappa shape index (κ1) is 16.5. The van der Waals surface area contributed by atoms with E-state index in [0.717, 1.165) is 6.42 Å². The van der Waals surface area contributed by atoms with Gasteiger partial charge in [-0.3, -0.25) is 4.79 Å². The lowest BCUT2D eigenvalue weighted by Gasteiger charge is -2.36. The molecule has 0 radical (unpaired) electrons. The van der Waals surface area contributed by atoms with E-state index >= 15 is 0 Å². The zero-order chi connectivity index (χ0) is 14.4. The Balaban J connectivity index is 2.40. The van der Waals surface area contributed by atoms with Crippen molar-refractivity contribution in [2.45, 2.75) is 72.4 Å². The van der Waals surface area contributed by atoms with Gasteiger partial charge in [-0.05, 0) is 30.6 Å². The number of carbonyl (C=O) groups is 1. The minimum atomic E-state index is -0.0436. The highest BCUT2D eigenvalue weighted by Gasteiger charge is 2.33. The molecule has 1 saturated carbocycles. The van der Waals surface area contributed by atoms with Crippen LogP contribution >= 0.6 is 0 Å². The molecule has 3 atom stereocenters. The number of carbonyl (C=O) groups excluding carboxylic acids is 1. The first-order valence-corrected chi connectivity index (χ1v) is 7.83. The van der Waals surface area contributed by atoms with E-state index in [4.69, 9.17) is 4.74 Å². The molecule has 19 heavy (non-hydrogen) atoms. The van der Waals surface area contributed by atoms with Crippen molar-refractivity contribution in [2.75, 3.05) is 6.54 Å². The molecule has 0 aromatic carbocycles. The van der Waals surface area contributed by atoms with E-state index in [1.807, 2.05) is 0 Å². The molecular weight excluding hydrogens is 238 g/mol. The van der Waals surface area contributed by atoms with Crippen molar-refractivity contribution >= 4 is 5.97 Å². The number of hydrogen-bond donors (Lipinski definition) is 1. The van der Waals surface area contributed by atoms with Crippen molar-refractivity contribution in [3.05, 3.63) is 0 Å². The smallest absolute Gasteiger partial charge is 0.307 e. The van der Waals surface area contributed by atoms with E-state index in [-0.39, 0.29) is 12.1 Å². The van der Waals surface area contributed by atoms with Crippen molar-refractivity contribution in [1.82, 2.24) is 5.32 Å². The Morgan fingerprint density at radius 1 is 1.26 bits per heavy atom. The van der Waals surface area contributed by atoms with Gasteiger partial charge in [0.05, 0.1) is 6.42 Å². The molecule has 0 aromatic rings. The van der Waals surface area contributed by atoms with Crippen LogP contribution in [0, 0.1) is 17.8 Å². The van der Waals surface area contributed by atoms with Crippen molar-refractivity contribution in [3.63, 3.8) is 0 Å². The van der Waals surface area contributed by atoms with Crippen LogP contribution in [0.15, 0.2) is 0 Å². The van der Waals surface area contributed by atoms with Gasteiger partial charge in [-0.2, -0.15) is 0 Å². The molecule has 1 aliphatic carbocycles. The van der Waals surface area contributed by atoms with Crippen LogP contribution in [0.1, 0.15) is 60.3 Å². The summed E-state index contributed by atoms with van der Waals surface area (Å²) in [6, 6.07) is 0.422. The van der Waals surface area contributed by atoms with E-state index in [2.05, 4.69) is 39.9 Å². The summed E-state index contributed by atoms with van der Waals surface area (Å²) in [5, 5.41) is 3.26. The van der Waals surface area contributed by atoms with Crippen molar-refractivity contribution in [3.8, 4) is 0 Å². The quantitative estimate of drug-likeness (QED) is 0.751. The monoisotopic (exact) mass is 269 g/mol. The number of esters is 1. The molecule has 1 rings (SSSR count). The Kier molecular flexibility index (Phi) is 6.84. The molecular formula is C16H31NO2. The van der Waals surface area contributed by atoms with Crippen molar-refractivity contribution in [1.29, 1.82) is 0 Å². The zero-order valence-electron chi connectivity index (χ0n) is 13.2. The second kappa shape index (κ2) is 7.88. The second-order valence-corrected chi connectivity index (χ2v) is 6.71. The third kappa shape index (κ3) is 5.94. The van der Waals surface area contributed by atoms with Crippen LogP contribution in [0.4, 0.5) is 0 Å². The molecule has 0 saturated heterocycles. The molecule has 3 nitrogen and oxygen atoms in total. The fourth-order valence-electron chi connectivity index (χ4n) is 2.94. The van der Waals surface area contributed by atoms with Gasteiger partial charge >= 0.3 is 5.97 Å². The van der Waals surface area contributed by atoms with E-state index in [1.54, 1.807) is 0 Å². The van der Waals surface area contributed by atoms with Gasteiger partial charge in [-0.25, -0.2) is 0 Å². The van der Waals surface area contributed by atoms with Gasteiger partial charge in [0.25, 0.3) is 0 Å². The molecule has 0 amide bonds. The Hall–Kier alpha value is -0.570. The van der Waals surface area contributed by atoms with Crippen LogP contribution in [-0.2, 0) is 9.53 Å². The van der Waals surface area contributed by atoms with E-state index < -0.39 is 0 Å². The maximum absolute atomic E-state index is 11.9. The molecule has 0 aliphatic heterocycles. The predicted molar refractivity (Wildman–Crippen MR) is 79.0 cm³/mol. The molecule has 3 heteroatoms. The molecule has 0 aromatic heterocycles. The largest absolute Gasteiger partial charge is 0.462 e. The zero-order valence-corrected chi connectivity index (χ0v) is 13.2.